The molecule has 80 valence electrons. The van der Waals surface area contributed by atoms with Gasteiger partial charge in [-0.2, -0.15) is 0 Å². The monoisotopic (exact) mass is 264 g/mol. The van der Waals surface area contributed by atoms with Gasteiger partial charge in [-0.1, -0.05) is 0 Å². The zero-order valence-electron chi connectivity index (χ0n) is 8.28. The van der Waals surface area contributed by atoms with Crippen molar-refractivity contribution in [3.63, 3.8) is 0 Å². The fourth-order valence-electron chi connectivity index (χ4n) is 1.32. The summed E-state index contributed by atoms with van der Waals surface area (Å²) >= 11 is 3.26. The van der Waals surface area contributed by atoms with Crippen LogP contribution in [0, 0.1) is 0 Å². The average molecular weight is 265 g/mol. The van der Waals surface area contributed by atoms with Crippen LogP contribution in [0.25, 0.3) is 0 Å². The van der Waals surface area contributed by atoms with Crippen LogP contribution >= 0.6 is 15.9 Å². The Bertz CT molecular complexity index is 291. The second-order valence-corrected chi connectivity index (χ2v) is 3.90. The molecule has 5 heteroatoms. The van der Waals surface area contributed by atoms with Gasteiger partial charge in [0, 0.05) is 14.2 Å². The summed E-state index contributed by atoms with van der Waals surface area (Å²) in [6.45, 7) is 1.56. The van der Waals surface area contributed by atoms with Crippen LogP contribution in [0.5, 0.6) is 0 Å². The molecular weight excluding hydrogens is 252 g/mol. The zero-order chi connectivity index (χ0) is 10.8. The highest BCUT2D eigenvalue weighted by molar-refractivity contribution is 9.10. The molecule has 14 heavy (non-hydrogen) atoms. The van der Waals surface area contributed by atoms with Crippen molar-refractivity contribution in [2.45, 2.75) is 18.8 Å². The molecule has 1 heterocycles. The minimum Gasteiger partial charge on any atom is -0.465 e. The zero-order valence-corrected chi connectivity index (χ0v) is 9.87. The first-order chi connectivity index (χ1) is 6.54. The molecule has 0 saturated carbocycles. The summed E-state index contributed by atoms with van der Waals surface area (Å²) in [5, 5.41) is 10.1. The second kappa shape index (κ2) is 4.44. The molecule has 0 aliphatic carbocycles. The fraction of sp³-hybridized carbons (Fsp3) is 0.556. The third kappa shape index (κ3) is 2.00. The lowest BCUT2D eigenvalue weighted by atomic mass is 10.0. The Morgan fingerprint density at radius 2 is 2.07 bits per heavy atom. The highest BCUT2D eigenvalue weighted by Crippen LogP contribution is 2.33. The molecule has 1 atom stereocenters. The van der Waals surface area contributed by atoms with Gasteiger partial charge in [-0.3, -0.25) is 0 Å². The standard InChI is InChI=1S/C9H13BrO4/c1-9(11,8(12-2)13-3)7-6(10)4-5-14-7/h4-5,8,11H,1-3H3. The van der Waals surface area contributed by atoms with E-state index in [9.17, 15) is 5.11 Å². The van der Waals surface area contributed by atoms with Gasteiger partial charge in [-0.15, -0.1) is 0 Å². The summed E-state index contributed by atoms with van der Waals surface area (Å²) < 4.78 is 15.8. The van der Waals surface area contributed by atoms with E-state index in [4.69, 9.17) is 13.9 Å². The number of methoxy groups -OCH3 is 2. The number of hydrogen-bond donors (Lipinski definition) is 1. The van der Waals surface area contributed by atoms with Gasteiger partial charge in [0.2, 0.25) is 0 Å². The van der Waals surface area contributed by atoms with E-state index in [0.29, 0.717) is 10.2 Å². The average Bonchev–Trinajstić information content (AvgIpc) is 2.53. The van der Waals surface area contributed by atoms with Crippen molar-refractivity contribution in [2.24, 2.45) is 0 Å². The maximum absolute atomic E-state index is 10.1. The molecule has 1 N–H and O–H groups in total. The Balaban J connectivity index is 3.00. The third-order valence-corrected chi connectivity index (χ3v) is 2.59. The Morgan fingerprint density at radius 1 is 1.50 bits per heavy atom. The number of halogens is 1. The van der Waals surface area contributed by atoms with Gasteiger partial charge >= 0.3 is 0 Å². The Labute approximate surface area is 90.9 Å². The maximum atomic E-state index is 10.1. The quantitative estimate of drug-likeness (QED) is 0.844. The van der Waals surface area contributed by atoms with Crippen LogP contribution in [0.2, 0.25) is 0 Å². The van der Waals surface area contributed by atoms with Crippen molar-refractivity contribution in [3.8, 4) is 0 Å². The van der Waals surface area contributed by atoms with E-state index in [1.54, 1.807) is 13.0 Å². The Hall–Kier alpha value is -0.360. The van der Waals surface area contributed by atoms with Crippen LogP contribution in [0.3, 0.4) is 0 Å². The lowest BCUT2D eigenvalue weighted by molar-refractivity contribution is -0.219. The van der Waals surface area contributed by atoms with Crippen LogP contribution < -0.4 is 0 Å². The molecule has 0 radical (unpaired) electrons. The normalized spacial score (nSPS) is 15.9. The molecule has 1 unspecified atom stereocenters. The van der Waals surface area contributed by atoms with Gasteiger partial charge in [0.1, 0.15) is 0 Å². The molecule has 0 spiro atoms. The molecule has 0 aliphatic heterocycles. The highest BCUT2D eigenvalue weighted by Gasteiger charge is 2.38. The maximum Gasteiger partial charge on any atom is 0.192 e. The molecule has 1 aromatic rings. The van der Waals surface area contributed by atoms with Crippen LogP contribution in [0.4, 0.5) is 0 Å². The molecule has 0 aliphatic rings. The van der Waals surface area contributed by atoms with Crippen molar-refractivity contribution in [1.82, 2.24) is 0 Å². The molecule has 1 aromatic heterocycles. The van der Waals surface area contributed by atoms with E-state index in [1.807, 2.05) is 0 Å². The predicted molar refractivity (Wildman–Crippen MR) is 53.8 cm³/mol. The highest BCUT2D eigenvalue weighted by atomic mass is 79.9. The first-order valence-electron chi connectivity index (χ1n) is 4.05. The van der Waals surface area contributed by atoms with Crippen LogP contribution in [0.1, 0.15) is 12.7 Å². The van der Waals surface area contributed by atoms with E-state index in [0.717, 1.165) is 0 Å². The van der Waals surface area contributed by atoms with Crippen molar-refractivity contribution in [3.05, 3.63) is 22.6 Å². The minimum absolute atomic E-state index is 0.381. The molecule has 4 nitrogen and oxygen atoms in total. The molecule has 0 aromatic carbocycles. The Morgan fingerprint density at radius 3 is 2.43 bits per heavy atom. The number of rotatable bonds is 4. The number of ether oxygens (including phenoxy) is 2. The number of furan rings is 1. The molecule has 1 rings (SSSR count). The minimum atomic E-state index is -1.33. The van der Waals surface area contributed by atoms with E-state index in [-0.39, 0.29) is 0 Å². The van der Waals surface area contributed by atoms with Crippen LogP contribution in [-0.4, -0.2) is 25.6 Å². The van der Waals surface area contributed by atoms with Gasteiger partial charge in [-0.25, -0.2) is 0 Å². The largest absolute Gasteiger partial charge is 0.465 e. The van der Waals surface area contributed by atoms with Crippen molar-refractivity contribution < 1.29 is 19.0 Å². The van der Waals surface area contributed by atoms with Crippen LogP contribution in [-0.2, 0) is 15.1 Å². The molecule has 0 amide bonds. The first kappa shape index (κ1) is 11.7. The predicted octanol–water partition coefficient (Wildman–Crippen LogP) is 1.87. The summed E-state index contributed by atoms with van der Waals surface area (Å²) in [6, 6.07) is 1.70. The van der Waals surface area contributed by atoms with Crippen molar-refractivity contribution >= 4 is 15.9 Å². The number of hydrogen-bond acceptors (Lipinski definition) is 4. The second-order valence-electron chi connectivity index (χ2n) is 3.05. The summed E-state index contributed by atoms with van der Waals surface area (Å²) in [6.07, 6.45) is 0.709. The summed E-state index contributed by atoms with van der Waals surface area (Å²) in [5.74, 6) is 0.381. The van der Waals surface area contributed by atoms with Crippen molar-refractivity contribution in [2.75, 3.05) is 14.2 Å². The topological polar surface area (TPSA) is 51.8 Å². The Kier molecular flexibility index (Phi) is 3.71. The van der Waals surface area contributed by atoms with Crippen molar-refractivity contribution in [1.29, 1.82) is 0 Å². The van der Waals surface area contributed by atoms with Gasteiger partial charge in [0.15, 0.2) is 17.7 Å². The molecule has 0 bridgehead atoms. The molecular formula is C9H13BrO4. The van der Waals surface area contributed by atoms with Gasteiger partial charge < -0.3 is 19.0 Å². The lowest BCUT2D eigenvalue weighted by Crippen LogP contribution is -2.39. The lowest BCUT2D eigenvalue weighted by Gasteiger charge is -2.28. The summed E-state index contributed by atoms with van der Waals surface area (Å²) in [4.78, 5) is 0. The summed E-state index contributed by atoms with van der Waals surface area (Å²) in [7, 11) is 2.92. The molecule has 0 saturated heterocycles. The van der Waals surface area contributed by atoms with E-state index in [2.05, 4.69) is 15.9 Å². The van der Waals surface area contributed by atoms with Gasteiger partial charge in [0.05, 0.1) is 10.7 Å². The SMILES string of the molecule is COC(OC)C(C)(O)c1occc1Br. The number of aliphatic hydroxyl groups is 1. The first-order valence-corrected chi connectivity index (χ1v) is 4.84. The van der Waals surface area contributed by atoms with E-state index in [1.165, 1.54) is 20.5 Å². The third-order valence-electron chi connectivity index (χ3n) is 1.96. The van der Waals surface area contributed by atoms with E-state index < -0.39 is 11.9 Å². The summed E-state index contributed by atoms with van der Waals surface area (Å²) in [5.41, 5.74) is -1.33. The molecule has 0 fully saturated rings. The van der Waals surface area contributed by atoms with E-state index >= 15 is 0 Å². The smallest absolute Gasteiger partial charge is 0.192 e. The van der Waals surface area contributed by atoms with Gasteiger partial charge in [-0.05, 0) is 28.9 Å². The fourth-order valence-corrected chi connectivity index (χ4v) is 1.92. The van der Waals surface area contributed by atoms with Gasteiger partial charge in [0.25, 0.3) is 0 Å². The van der Waals surface area contributed by atoms with Crippen LogP contribution in [0.15, 0.2) is 21.2 Å².